The molecular weight excluding hydrogens is 162 g/mol. The summed E-state index contributed by atoms with van der Waals surface area (Å²) in [5, 5.41) is 0. The lowest BCUT2D eigenvalue weighted by molar-refractivity contribution is 0.443. The van der Waals surface area contributed by atoms with Crippen molar-refractivity contribution >= 4 is 0 Å². The van der Waals surface area contributed by atoms with E-state index in [1.54, 1.807) is 6.33 Å². The summed E-state index contributed by atoms with van der Waals surface area (Å²) in [4.78, 5) is 8.28. The molecule has 0 radical (unpaired) electrons. The van der Waals surface area contributed by atoms with Gasteiger partial charge in [-0.1, -0.05) is 12.8 Å². The van der Waals surface area contributed by atoms with E-state index in [1.165, 1.54) is 12.8 Å². The Morgan fingerprint density at radius 1 is 1.38 bits per heavy atom. The molecule has 1 fully saturated rings. The molecule has 1 saturated carbocycles. The Morgan fingerprint density at radius 3 is 2.69 bits per heavy atom. The third-order valence-electron chi connectivity index (χ3n) is 2.86. The molecule has 0 bridgehead atoms. The van der Waals surface area contributed by atoms with Crippen LogP contribution < -0.4 is 5.73 Å². The van der Waals surface area contributed by atoms with Crippen LogP contribution in [0, 0.1) is 6.92 Å². The van der Waals surface area contributed by atoms with Gasteiger partial charge in [0.25, 0.3) is 0 Å². The number of rotatable bonds is 1. The summed E-state index contributed by atoms with van der Waals surface area (Å²) in [6.45, 7) is 2.03. The van der Waals surface area contributed by atoms with Crippen molar-refractivity contribution in [2.45, 2.75) is 38.1 Å². The van der Waals surface area contributed by atoms with Gasteiger partial charge in [-0.3, -0.25) is 0 Å². The van der Waals surface area contributed by atoms with Crippen molar-refractivity contribution in [1.29, 1.82) is 0 Å². The first kappa shape index (κ1) is 8.63. The highest BCUT2D eigenvalue weighted by atomic mass is 14.9. The fourth-order valence-electron chi connectivity index (χ4n) is 2.16. The predicted octanol–water partition coefficient (Wildman–Crippen LogP) is 1.51. The van der Waals surface area contributed by atoms with Gasteiger partial charge in [0.1, 0.15) is 6.33 Å². The van der Waals surface area contributed by atoms with Crippen molar-refractivity contribution in [1.82, 2.24) is 9.97 Å². The lowest BCUT2D eigenvalue weighted by Gasteiger charge is -2.23. The van der Waals surface area contributed by atoms with Gasteiger partial charge >= 0.3 is 0 Å². The normalized spacial score (nSPS) is 20.5. The molecule has 1 aromatic rings. The SMILES string of the molecule is Cc1cncnc1C1(N)CCCC1. The standard InChI is InChI=1S/C10H15N3/c1-8-6-12-7-13-9(8)10(11)4-2-3-5-10/h6-7H,2-5,11H2,1H3. The van der Waals surface area contributed by atoms with Crippen molar-refractivity contribution < 1.29 is 0 Å². The zero-order chi connectivity index (χ0) is 9.31. The maximum atomic E-state index is 6.29. The third-order valence-corrected chi connectivity index (χ3v) is 2.86. The van der Waals surface area contributed by atoms with Gasteiger partial charge < -0.3 is 5.73 Å². The van der Waals surface area contributed by atoms with Gasteiger partial charge in [0, 0.05) is 6.20 Å². The molecule has 0 aromatic carbocycles. The molecule has 0 unspecified atom stereocenters. The minimum atomic E-state index is -0.174. The van der Waals surface area contributed by atoms with E-state index < -0.39 is 0 Å². The molecule has 0 amide bonds. The van der Waals surface area contributed by atoms with E-state index in [1.807, 2.05) is 13.1 Å². The van der Waals surface area contributed by atoms with Crippen molar-refractivity contribution in [3.05, 3.63) is 23.8 Å². The summed E-state index contributed by atoms with van der Waals surface area (Å²) in [6, 6.07) is 0. The fourth-order valence-corrected chi connectivity index (χ4v) is 2.16. The first-order valence-electron chi connectivity index (χ1n) is 4.78. The summed E-state index contributed by atoms with van der Waals surface area (Å²) in [6.07, 6.45) is 8.00. The van der Waals surface area contributed by atoms with E-state index in [4.69, 9.17) is 5.73 Å². The summed E-state index contributed by atoms with van der Waals surface area (Å²) in [5.74, 6) is 0. The molecule has 0 spiro atoms. The maximum absolute atomic E-state index is 6.29. The van der Waals surface area contributed by atoms with E-state index in [9.17, 15) is 0 Å². The average molecular weight is 177 g/mol. The molecule has 0 aliphatic heterocycles. The Bertz CT molecular complexity index is 303. The van der Waals surface area contributed by atoms with Crippen LogP contribution in [-0.2, 0) is 5.54 Å². The van der Waals surface area contributed by atoms with Crippen LogP contribution in [-0.4, -0.2) is 9.97 Å². The molecule has 1 aliphatic carbocycles. The van der Waals surface area contributed by atoms with Gasteiger partial charge in [0.15, 0.2) is 0 Å². The Balaban J connectivity index is 2.39. The molecule has 1 aromatic heterocycles. The topological polar surface area (TPSA) is 51.8 Å². The number of aryl methyl sites for hydroxylation is 1. The van der Waals surface area contributed by atoms with Gasteiger partial charge in [-0.15, -0.1) is 0 Å². The second-order valence-corrected chi connectivity index (χ2v) is 3.92. The van der Waals surface area contributed by atoms with E-state index in [0.29, 0.717) is 0 Å². The summed E-state index contributed by atoms with van der Waals surface area (Å²) < 4.78 is 0. The van der Waals surface area contributed by atoms with Gasteiger partial charge in [0.05, 0.1) is 11.2 Å². The van der Waals surface area contributed by atoms with Crippen molar-refractivity contribution in [2.75, 3.05) is 0 Å². The van der Waals surface area contributed by atoms with Crippen molar-refractivity contribution in [3.63, 3.8) is 0 Å². The number of hydrogen-bond donors (Lipinski definition) is 1. The zero-order valence-electron chi connectivity index (χ0n) is 7.95. The van der Waals surface area contributed by atoms with E-state index >= 15 is 0 Å². The number of aromatic nitrogens is 2. The van der Waals surface area contributed by atoms with Crippen LogP contribution in [0.4, 0.5) is 0 Å². The Labute approximate surface area is 78.4 Å². The monoisotopic (exact) mass is 177 g/mol. The summed E-state index contributed by atoms with van der Waals surface area (Å²) >= 11 is 0. The van der Waals surface area contributed by atoms with Crippen LogP contribution in [0.5, 0.6) is 0 Å². The first-order valence-corrected chi connectivity index (χ1v) is 4.78. The number of nitrogens with zero attached hydrogens (tertiary/aromatic N) is 2. The average Bonchev–Trinajstić information content (AvgIpc) is 2.54. The van der Waals surface area contributed by atoms with E-state index in [-0.39, 0.29) is 5.54 Å². The lowest BCUT2D eigenvalue weighted by atomic mass is 9.92. The smallest absolute Gasteiger partial charge is 0.115 e. The molecule has 1 aliphatic rings. The molecule has 0 atom stereocenters. The van der Waals surface area contributed by atoms with Gasteiger partial charge in [-0.2, -0.15) is 0 Å². The highest BCUT2D eigenvalue weighted by molar-refractivity contribution is 5.23. The van der Waals surface area contributed by atoms with Gasteiger partial charge in [-0.25, -0.2) is 9.97 Å². The maximum Gasteiger partial charge on any atom is 0.115 e. The van der Waals surface area contributed by atoms with Crippen LogP contribution >= 0.6 is 0 Å². The van der Waals surface area contributed by atoms with Gasteiger partial charge in [0.2, 0.25) is 0 Å². The molecule has 3 nitrogen and oxygen atoms in total. The molecule has 2 rings (SSSR count). The van der Waals surface area contributed by atoms with Crippen LogP contribution in [0.3, 0.4) is 0 Å². The number of hydrogen-bond acceptors (Lipinski definition) is 3. The molecule has 0 saturated heterocycles. The second-order valence-electron chi connectivity index (χ2n) is 3.92. The summed E-state index contributed by atoms with van der Waals surface area (Å²) in [5.41, 5.74) is 8.28. The molecule has 3 heteroatoms. The largest absolute Gasteiger partial charge is 0.320 e. The van der Waals surface area contributed by atoms with E-state index in [2.05, 4.69) is 9.97 Å². The highest BCUT2D eigenvalue weighted by Gasteiger charge is 2.33. The Morgan fingerprint density at radius 2 is 2.08 bits per heavy atom. The second kappa shape index (κ2) is 3.07. The predicted molar refractivity (Wildman–Crippen MR) is 51.1 cm³/mol. The van der Waals surface area contributed by atoms with Crippen LogP contribution in [0.1, 0.15) is 36.9 Å². The lowest BCUT2D eigenvalue weighted by Crippen LogP contribution is -2.35. The van der Waals surface area contributed by atoms with E-state index in [0.717, 1.165) is 24.1 Å². The molecule has 1 heterocycles. The minimum absolute atomic E-state index is 0.174. The molecule has 13 heavy (non-hydrogen) atoms. The molecule has 70 valence electrons. The Hall–Kier alpha value is -0.960. The van der Waals surface area contributed by atoms with Gasteiger partial charge in [-0.05, 0) is 25.3 Å². The van der Waals surface area contributed by atoms with Crippen molar-refractivity contribution in [2.24, 2.45) is 5.73 Å². The zero-order valence-corrected chi connectivity index (χ0v) is 7.95. The van der Waals surface area contributed by atoms with Crippen LogP contribution in [0.15, 0.2) is 12.5 Å². The third kappa shape index (κ3) is 1.44. The van der Waals surface area contributed by atoms with Crippen molar-refractivity contribution in [3.8, 4) is 0 Å². The first-order chi connectivity index (χ1) is 6.22. The number of nitrogens with two attached hydrogens (primary N) is 1. The van der Waals surface area contributed by atoms with Crippen LogP contribution in [0.2, 0.25) is 0 Å². The van der Waals surface area contributed by atoms with Crippen LogP contribution in [0.25, 0.3) is 0 Å². The molecular formula is C10H15N3. The molecule has 2 N–H and O–H groups in total. The highest BCUT2D eigenvalue weighted by Crippen LogP contribution is 2.36. The minimum Gasteiger partial charge on any atom is -0.320 e. The fraction of sp³-hybridized carbons (Fsp3) is 0.600. The summed E-state index contributed by atoms with van der Waals surface area (Å²) in [7, 11) is 0. The quantitative estimate of drug-likeness (QED) is 0.707. The Kier molecular flexibility index (Phi) is 2.04.